The normalized spacial score (nSPS) is 13.7. The Balaban J connectivity index is 3.78. The second-order valence-corrected chi connectivity index (χ2v) is 6.29. The Hall–Kier alpha value is -0.610. The highest BCUT2D eigenvalue weighted by atomic mass is 16.3. The number of carbonyl (C=O) groups is 1. The molecule has 1 amide bonds. The summed E-state index contributed by atoms with van der Waals surface area (Å²) in [5.74, 6) is 0.461. The Labute approximate surface area is 111 Å². The zero-order valence-corrected chi connectivity index (χ0v) is 12.3. The molecule has 4 heteroatoms. The van der Waals surface area contributed by atoms with Crippen LogP contribution in [0, 0.1) is 11.3 Å². The molecule has 0 aromatic heterocycles. The van der Waals surface area contributed by atoms with E-state index in [1.54, 1.807) is 0 Å². The van der Waals surface area contributed by atoms with Gasteiger partial charge in [0, 0.05) is 13.0 Å². The summed E-state index contributed by atoms with van der Waals surface area (Å²) in [6.45, 7) is 9.37. The zero-order valence-electron chi connectivity index (χ0n) is 12.3. The fraction of sp³-hybridized carbons (Fsp3) is 0.929. The van der Waals surface area contributed by atoms with E-state index in [0.717, 1.165) is 19.3 Å². The second kappa shape index (κ2) is 8.48. The van der Waals surface area contributed by atoms with Gasteiger partial charge in [-0.25, -0.2) is 0 Å². The summed E-state index contributed by atoms with van der Waals surface area (Å²) >= 11 is 0. The minimum Gasteiger partial charge on any atom is -0.391 e. The Morgan fingerprint density at radius 3 is 2.44 bits per heavy atom. The number of aliphatic hydroxyl groups is 1. The molecule has 0 saturated carbocycles. The van der Waals surface area contributed by atoms with Crippen molar-refractivity contribution in [2.75, 3.05) is 13.1 Å². The van der Waals surface area contributed by atoms with Gasteiger partial charge in [-0.3, -0.25) is 4.79 Å². The van der Waals surface area contributed by atoms with E-state index in [4.69, 9.17) is 5.73 Å². The Bertz CT molecular complexity index is 240. The van der Waals surface area contributed by atoms with Gasteiger partial charge in [0.1, 0.15) is 0 Å². The maximum atomic E-state index is 11.6. The first-order valence-corrected chi connectivity index (χ1v) is 6.91. The van der Waals surface area contributed by atoms with Crippen LogP contribution in [0.3, 0.4) is 0 Å². The van der Waals surface area contributed by atoms with E-state index in [-0.39, 0.29) is 11.3 Å². The minimum atomic E-state index is -0.439. The lowest BCUT2D eigenvalue weighted by atomic mass is 9.84. The highest BCUT2D eigenvalue weighted by Gasteiger charge is 2.18. The quantitative estimate of drug-likeness (QED) is 0.589. The average molecular weight is 258 g/mol. The maximum absolute atomic E-state index is 11.6. The van der Waals surface area contributed by atoms with Gasteiger partial charge in [-0.05, 0) is 37.1 Å². The van der Waals surface area contributed by atoms with Gasteiger partial charge in [0.2, 0.25) is 5.91 Å². The van der Waals surface area contributed by atoms with Crippen molar-refractivity contribution in [1.29, 1.82) is 0 Å². The lowest BCUT2D eigenvalue weighted by Crippen LogP contribution is -2.33. The monoisotopic (exact) mass is 258 g/mol. The Morgan fingerprint density at radius 1 is 1.33 bits per heavy atom. The molecule has 0 saturated heterocycles. The van der Waals surface area contributed by atoms with Crippen LogP contribution in [0.2, 0.25) is 0 Å². The number of nitrogens with one attached hydrogen (secondary N) is 1. The van der Waals surface area contributed by atoms with Crippen LogP contribution >= 0.6 is 0 Å². The number of hydrogen-bond acceptors (Lipinski definition) is 3. The van der Waals surface area contributed by atoms with Crippen LogP contribution in [0.1, 0.15) is 53.4 Å². The largest absolute Gasteiger partial charge is 0.391 e. The van der Waals surface area contributed by atoms with Crippen LogP contribution in [0.5, 0.6) is 0 Å². The van der Waals surface area contributed by atoms with Crippen LogP contribution in [0.25, 0.3) is 0 Å². The van der Waals surface area contributed by atoms with Gasteiger partial charge in [-0.2, -0.15) is 0 Å². The van der Waals surface area contributed by atoms with E-state index in [0.29, 0.717) is 25.4 Å². The molecule has 1 unspecified atom stereocenters. The summed E-state index contributed by atoms with van der Waals surface area (Å²) in [5, 5.41) is 12.4. The van der Waals surface area contributed by atoms with E-state index in [1.807, 2.05) is 0 Å². The number of aliphatic hydroxyl groups excluding tert-OH is 1. The molecule has 1 atom stereocenters. The third-order valence-electron chi connectivity index (χ3n) is 3.13. The van der Waals surface area contributed by atoms with Crippen molar-refractivity contribution in [3.05, 3.63) is 0 Å². The van der Waals surface area contributed by atoms with Crippen molar-refractivity contribution in [2.45, 2.75) is 59.5 Å². The van der Waals surface area contributed by atoms with Gasteiger partial charge in [-0.1, -0.05) is 27.7 Å². The summed E-state index contributed by atoms with van der Waals surface area (Å²) < 4.78 is 0. The first kappa shape index (κ1) is 17.4. The fourth-order valence-electron chi connectivity index (χ4n) is 1.92. The first-order chi connectivity index (χ1) is 8.26. The first-order valence-electron chi connectivity index (χ1n) is 6.91. The summed E-state index contributed by atoms with van der Waals surface area (Å²) in [6, 6.07) is 0. The number of carbonyl (C=O) groups excluding carboxylic acids is 1. The van der Waals surface area contributed by atoms with Crippen molar-refractivity contribution in [2.24, 2.45) is 17.1 Å². The van der Waals surface area contributed by atoms with Crippen molar-refractivity contribution in [1.82, 2.24) is 5.32 Å². The molecular weight excluding hydrogens is 228 g/mol. The molecule has 0 aromatic carbocycles. The summed E-state index contributed by atoms with van der Waals surface area (Å²) in [4.78, 5) is 11.6. The topological polar surface area (TPSA) is 75.3 Å². The third-order valence-corrected chi connectivity index (χ3v) is 3.13. The van der Waals surface area contributed by atoms with Gasteiger partial charge >= 0.3 is 0 Å². The lowest BCUT2D eigenvalue weighted by Gasteiger charge is -2.23. The van der Waals surface area contributed by atoms with Crippen LogP contribution in [-0.4, -0.2) is 30.2 Å². The highest BCUT2D eigenvalue weighted by molar-refractivity contribution is 5.75. The summed E-state index contributed by atoms with van der Waals surface area (Å²) in [6.07, 6.45) is 2.54. The molecule has 0 aliphatic rings. The fourth-order valence-corrected chi connectivity index (χ4v) is 1.92. The van der Waals surface area contributed by atoms with E-state index >= 15 is 0 Å². The SMILES string of the molecule is CC(C)CC(O)CNC(=O)CCC(C)(C)CCN. The molecule has 0 fully saturated rings. The molecule has 0 aliphatic heterocycles. The Kier molecular flexibility index (Phi) is 8.20. The van der Waals surface area contributed by atoms with Gasteiger partial charge < -0.3 is 16.2 Å². The Morgan fingerprint density at radius 2 is 1.94 bits per heavy atom. The van der Waals surface area contributed by atoms with Crippen LogP contribution in [0.4, 0.5) is 0 Å². The van der Waals surface area contributed by atoms with Gasteiger partial charge in [-0.15, -0.1) is 0 Å². The molecule has 0 heterocycles. The minimum absolute atomic E-state index is 0.0166. The van der Waals surface area contributed by atoms with E-state index in [1.165, 1.54) is 0 Å². The molecule has 0 aromatic rings. The van der Waals surface area contributed by atoms with E-state index in [2.05, 4.69) is 33.0 Å². The van der Waals surface area contributed by atoms with Crippen LogP contribution < -0.4 is 11.1 Å². The third kappa shape index (κ3) is 9.42. The van der Waals surface area contributed by atoms with Crippen molar-refractivity contribution in [3.63, 3.8) is 0 Å². The highest BCUT2D eigenvalue weighted by Crippen LogP contribution is 2.25. The van der Waals surface area contributed by atoms with Gasteiger partial charge in [0.05, 0.1) is 6.10 Å². The van der Waals surface area contributed by atoms with E-state index < -0.39 is 6.10 Å². The summed E-state index contributed by atoms with van der Waals surface area (Å²) in [7, 11) is 0. The number of nitrogens with two attached hydrogens (primary N) is 1. The molecule has 0 rings (SSSR count). The van der Waals surface area contributed by atoms with Gasteiger partial charge in [0.15, 0.2) is 0 Å². The standard InChI is InChI=1S/C14H30N2O2/c1-11(2)9-12(17)10-16-13(18)5-6-14(3,4)7-8-15/h11-12,17H,5-10,15H2,1-4H3,(H,16,18). The molecule has 0 spiro atoms. The smallest absolute Gasteiger partial charge is 0.220 e. The lowest BCUT2D eigenvalue weighted by molar-refractivity contribution is -0.122. The molecule has 4 nitrogen and oxygen atoms in total. The van der Waals surface area contributed by atoms with Crippen LogP contribution in [-0.2, 0) is 4.79 Å². The second-order valence-electron chi connectivity index (χ2n) is 6.29. The van der Waals surface area contributed by atoms with Crippen LogP contribution in [0.15, 0.2) is 0 Å². The van der Waals surface area contributed by atoms with Crippen molar-refractivity contribution >= 4 is 5.91 Å². The number of amides is 1. The number of rotatable bonds is 9. The predicted octanol–water partition coefficient (Wildman–Crippen LogP) is 1.66. The van der Waals surface area contributed by atoms with Gasteiger partial charge in [0.25, 0.3) is 0 Å². The van der Waals surface area contributed by atoms with Crippen molar-refractivity contribution in [3.8, 4) is 0 Å². The molecule has 108 valence electrons. The molecule has 0 aliphatic carbocycles. The molecule has 0 bridgehead atoms. The average Bonchev–Trinajstić information content (AvgIpc) is 2.22. The maximum Gasteiger partial charge on any atom is 0.220 e. The molecule has 4 N–H and O–H groups in total. The zero-order chi connectivity index (χ0) is 14.2. The molecule has 0 radical (unpaired) electrons. The number of hydrogen-bond donors (Lipinski definition) is 3. The van der Waals surface area contributed by atoms with Crippen molar-refractivity contribution < 1.29 is 9.90 Å². The molecular formula is C14H30N2O2. The predicted molar refractivity (Wildman–Crippen MR) is 75.2 cm³/mol. The van der Waals surface area contributed by atoms with E-state index in [9.17, 15) is 9.90 Å². The summed E-state index contributed by atoms with van der Waals surface area (Å²) in [5.41, 5.74) is 5.65. The molecule has 18 heavy (non-hydrogen) atoms.